The van der Waals surface area contributed by atoms with Gasteiger partial charge in [0, 0.05) is 11.1 Å². The van der Waals surface area contributed by atoms with E-state index in [0.717, 1.165) is 29.7 Å². The second-order valence-corrected chi connectivity index (χ2v) is 6.12. The monoisotopic (exact) mass is 327 g/mol. The van der Waals surface area contributed by atoms with Gasteiger partial charge in [0.1, 0.15) is 16.8 Å². The number of anilines is 1. The third-order valence-corrected chi connectivity index (χ3v) is 4.70. The molecule has 0 aliphatic heterocycles. The molecule has 1 aliphatic rings. The normalized spacial score (nSPS) is 12.3. The molecule has 0 saturated heterocycles. The molecule has 1 aliphatic carbocycles. The van der Waals surface area contributed by atoms with Gasteiger partial charge in [-0.25, -0.2) is 9.78 Å². The van der Waals surface area contributed by atoms with Crippen molar-refractivity contribution in [2.75, 3.05) is 11.9 Å². The third kappa shape index (κ3) is 3.22. The van der Waals surface area contributed by atoms with Crippen molar-refractivity contribution in [3.8, 4) is 6.07 Å². The Bertz CT molecular complexity index is 793. The minimum atomic E-state index is -0.657. The number of pyridine rings is 1. The summed E-state index contributed by atoms with van der Waals surface area (Å²) in [5.74, 6) is -1.12. The van der Waals surface area contributed by atoms with Gasteiger partial charge < -0.3 is 10.1 Å². The summed E-state index contributed by atoms with van der Waals surface area (Å²) in [7, 11) is 0. The number of hydrogen-bond acceptors (Lipinski definition) is 6. The molecule has 0 aromatic carbocycles. The van der Waals surface area contributed by atoms with Gasteiger partial charge in [-0.15, -0.1) is 11.3 Å². The molecule has 116 valence electrons. The maximum atomic E-state index is 11.9. The maximum Gasteiger partial charge on any atom is 0.357 e. The number of aryl methyl sites for hydroxylation is 1. The molecule has 0 spiro atoms. The zero-order chi connectivity index (χ0) is 16.2. The van der Waals surface area contributed by atoms with E-state index in [1.165, 1.54) is 23.6 Å². The number of nitriles is 1. The van der Waals surface area contributed by atoms with Crippen molar-refractivity contribution >= 4 is 28.2 Å². The number of rotatable bonds is 4. The molecule has 2 heterocycles. The predicted molar refractivity (Wildman–Crippen MR) is 84.2 cm³/mol. The van der Waals surface area contributed by atoms with Gasteiger partial charge in [-0.2, -0.15) is 5.26 Å². The first-order valence-electron chi connectivity index (χ1n) is 7.11. The highest BCUT2D eigenvalue weighted by Gasteiger charge is 2.23. The van der Waals surface area contributed by atoms with Crippen LogP contribution < -0.4 is 5.32 Å². The maximum absolute atomic E-state index is 11.9. The molecule has 7 heteroatoms. The number of amides is 1. The summed E-state index contributed by atoms with van der Waals surface area (Å²) in [5, 5.41) is 12.5. The van der Waals surface area contributed by atoms with Crippen LogP contribution >= 0.6 is 11.3 Å². The quantitative estimate of drug-likeness (QED) is 0.870. The number of fused-ring (bicyclic) bond motifs is 1. The van der Waals surface area contributed by atoms with Crippen molar-refractivity contribution in [3.05, 3.63) is 46.1 Å². The summed E-state index contributed by atoms with van der Waals surface area (Å²) in [5.41, 5.74) is 1.72. The average molecular weight is 327 g/mol. The van der Waals surface area contributed by atoms with Crippen LogP contribution in [0.15, 0.2) is 24.4 Å². The van der Waals surface area contributed by atoms with Gasteiger partial charge in [-0.3, -0.25) is 4.79 Å². The second kappa shape index (κ2) is 6.58. The van der Waals surface area contributed by atoms with E-state index >= 15 is 0 Å². The topological polar surface area (TPSA) is 92.1 Å². The number of nitrogens with zero attached hydrogens (tertiary/aromatic N) is 2. The highest BCUT2D eigenvalue weighted by Crippen LogP contribution is 2.38. The molecule has 0 fully saturated rings. The van der Waals surface area contributed by atoms with E-state index in [0.29, 0.717) is 10.6 Å². The fourth-order valence-corrected chi connectivity index (χ4v) is 3.72. The highest BCUT2D eigenvalue weighted by atomic mass is 32.1. The Balaban J connectivity index is 1.60. The first-order chi connectivity index (χ1) is 11.2. The number of carbonyl (C=O) groups is 2. The van der Waals surface area contributed by atoms with E-state index in [1.54, 1.807) is 12.1 Å². The van der Waals surface area contributed by atoms with E-state index in [2.05, 4.69) is 16.4 Å². The Morgan fingerprint density at radius 2 is 2.26 bits per heavy atom. The Morgan fingerprint density at radius 1 is 1.39 bits per heavy atom. The van der Waals surface area contributed by atoms with Gasteiger partial charge in [0.15, 0.2) is 6.61 Å². The van der Waals surface area contributed by atoms with Crippen LogP contribution in [-0.4, -0.2) is 23.5 Å². The zero-order valence-electron chi connectivity index (χ0n) is 12.2. The molecule has 2 aromatic heterocycles. The second-order valence-electron chi connectivity index (χ2n) is 5.01. The molecule has 6 nitrogen and oxygen atoms in total. The van der Waals surface area contributed by atoms with E-state index < -0.39 is 18.5 Å². The lowest BCUT2D eigenvalue weighted by molar-refractivity contribution is -0.119. The number of ether oxygens (including phenoxy) is 1. The molecule has 0 saturated carbocycles. The van der Waals surface area contributed by atoms with Crippen molar-refractivity contribution in [1.82, 2.24) is 4.98 Å². The van der Waals surface area contributed by atoms with E-state index in [9.17, 15) is 14.9 Å². The lowest BCUT2D eigenvalue weighted by Crippen LogP contribution is -2.21. The third-order valence-electron chi connectivity index (χ3n) is 3.49. The molecule has 0 radical (unpaired) electrons. The fourth-order valence-electron chi connectivity index (χ4n) is 2.46. The number of carbonyl (C=O) groups excluding carboxylic acids is 2. The highest BCUT2D eigenvalue weighted by molar-refractivity contribution is 7.16. The molecule has 23 heavy (non-hydrogen) atoms. The van der Waals surface area contributed by atoms with Crippen LogP contribution in [0.1, 0.15) is 32.9 Å². The van der Waals surface area contributed by atoms with Gasteiger partial charge in [0.2, 0.25) is 0 Å². The molecule has 0 unspecified atom stereocenters. The Hall–Kier alpha value is -2.72. The SMILES string of the molecule is N#Cc1c(NC(=O)COC(=O)c2ccccn2)sc2c1CCC2. The average Bonchev–Trinajstić information content (AvgIpc) is 3.14. The smallest absolute Gasteiger partial charge is 0.357 e. The van der Waals surface area contributed by atoms with Crippen LogP contribution in [-0.2, 0) is 22.4 Å². The van der Waals surface area contributed by atoms with Gasteiger partial charge in [-0.1, -0.05) is 6.07 Å². The van der Waals surface area contributed by atoms with E-state index in [4.69, 9.17) is 4.74 Å². The van der Waals surface area contributed by atoms with Crippen molar-refractivity contribution in [3.63, 3.8) is 0 Å². The van der Waals surface area contributed by atoms with Crippen molar-refractivity contribution in [1.29, 1.82) is 5.26 Å². The summed E-state index contributed by atoms with van der Waals surface area (Å²) in [6.45, 7) is -0.414. The predicted octanol–water partition coefficient (Wildman–Crippen LogP) is 2.30. The van der Waals surface area contributed by atoms with Crippen molar-refractivity contribution in [2.24, 2.45) is 0 Å². The first kappa shape index (κ1) is 15.2. The molecule has 0 bridgehead atoms. The molecule has 2 aromatic rings. The van der Waals surface area contributed by atoms with Crippen LogP contribution in [0.25, 0.3) is 0 Å². The number of nitrogens with one attached hydrogen (secondary N) is 1. The van der Waals surface area contributed by atoms with E-state index in [1.807, 2.05) is 0 Å². The summed E-state index contributed by atoms with van der Waals surface area (Å²) in [4.78, 5) is 28.7. The van der Waals surface area contributed by atoms with E-state index in [-0.39, 0.29) is 5.69 Å². The van der Waals surface area contributed by atoms with Crippen molar-refractivity contribution < 1.29 is 14.3 Å². The van der Waals surface area contributed by atoms with Crippen molar-refractivity contribution in [2.45, 2.75) is 19.3 Å². The van der Waals surface area contributed by atoms with Gasteiger partial charge >= 0.3 is 5.97 Å². The van der Waals surface area contributed by atoms with Crippen LogP contribution in [0.3, 0.4) is 0 Å². The fraction of sp³-hybridized carbons (Fsp3) is 0.250. The Kier molecular flexibility index (Phi) is 4.35. The number of hydrogen-bond donors (Lipinski definition) is 1. The van der Waals surface area contributed by atoms with Crippen LogP contribution in [0.5, 0.6) is 0 Å². The summed E-state index contributed by atoms with van der Waals surface area (Å²) < 4.78 is 4.92. The first-order valence-corrected chi connectivity index (χ1v) is 7.93. The lowest BCUT2D eigenvalue weighted by atomic mass is 10.1. The molecule has 0 atom stereocenters. The Labute approximate surface area is 136 Å². The number of thiophene rings is 1. The summed E-state index contributed by atoms with van der Waals surface area (Å²) in [6.07, 6.45) is 4.34. The zero-order valence-corrected chi connectivity index (χ0v) is 13.0. The lowest BCUT2D eigenvalue weighted by Gasteiger charge is -2.05. The number of aromatic nitrogens is 1. The minimum absolute atomic E-state index is 0.146. The number of esters is 1. The molecule has 1 N–H and O–H groups in total. The van der Waals surface area contributed by atoms with Gasteiger partial charge in [0.05, 0.1) is 5.56 Å². The molecule has 1 amide bonds. The Morgan fingerprint density at radius 3 is 3.00 bits per heavy atom. The molecule has 3 rings (SSSR count). The van der Waals surface area contributed by atoms with Crippen LogP contribution in [0.2, 0.25) is 0 Å². The standard InChI is InChI=1S/C16H13N3O3S/c17-8-11-10-4-3-6-13(10)23-15(11)19-14(20)9-22-16(21)12-5-1-2-7-18-12/h1-2,5,7H,3-4,6,9H2,(H,19,20). The summed E-state index contributed by atoms with van der Waals surface area (Å²) >= 11 is 1.42. The van der Waals surface area contributed by atoms with Gasteiger partial charge in [-0.05, 0) is 37.0 Å². The van der Waals surface area contributed by atoms with Gasteiger partial charge in [0.25, 0.3) is 5.91 Å². The summed E-state index contributed by atoms with van der Waals surface area (Å²) in [6, 6.07) is 7.01. The minimum Gasteiger partial charge on any atom is -0.451 e. The van der Waals surface area contributed by atoms with Crippen LogP contribution in [0, 0.1) is 11.3 Å². The molecular weight excluding hydrogens is 314 g/mol. The molecular formula is C16H13N3O3S. The van der Waals surface area contributed by atoms with Crippen LogP contribution in [0.4, 0.5) is 5.00 Å². The largest absolute Gasteiger partial charge is 0.451 e.